The van der Waals surface area contributed by atoms with E-state index in [2.05, 4.69) is 4.99 Å². The van der Waals surface area contributed by atoms with Crippen LogP contribution in [0.4, 0.5) is 0 Å². The number of aromatic nitrogens is 3. The van der Waals surface area contributed by atoms with Gasteiger partial charge in [-0.15, -0.1) is 0 Å². The standard InChI is InChI=1S/C29H29ClN4O5/c1-4-38-17-7-16-33-26-22(28(36)34-15-6-8-19(3)25(34)32-26)18-23(29(37)39-5-2)27(33)31-24(35)14-11-20-9-12-21(30)13-10-20/h6,8-15,18H,4-5,7,16-17H2,1-3H3. The van der Waals surface area contributed by atoms with Gasteiger partial charge in [0, 0.05) is 37.1 Å². The molecular weight excluding hydrogens is 520 g/mol. The molecule has 3 aromatic heterocycles. The van der Waals surface area contributed by atoms with Crippen LogP contribution in [0, 0.1) is 6.92 Å². The van der Waals surface area contributed by atoms with Crippen LogP contribution in [-0.2, 0) is 20.8 Å². The Morgan fingerprint density at radius 1 is 1.10 bits per heavy atom. The number of hydrogen-bond acceptors (Lipinski definition) is 6. The van der Waals surface area contributed by atoms with Gasteiger partial charge in [0.2, 0.25) is 0 Å². The van der Waals surface area contributed by atoms with Gasteiger partial charge in [-0.05, 0) is 68.7 Å². The molecule has 0 atom stereocenters. The SMILES string of the molecule is CCOCCCn1c(=NC(=O)C=Cc2ccc(Cl)cc2)c(C(=O)OCC)cc2c(=O)n3cccc(C)c3nc21. The lowest BCUT2D eigenvalue weighted by Gasteiger charge is -2.15. The van der Waals surface area contributed by atoms with Gasteiger partial charge in [-0.3, -0.25) is 14.0 Å². The fourth-order valence-electron chi connectivity index (χ4n) is 4.13. The van der Waals surface area contributed by atoms with E-state index in [-0.39, 0.29) is 28.6 Å². The van der Waals surface area contributed by atoms with Gasteiger partial charge in [0.05, 0.1) is 12.0 Å². The summed E-state index contributed by atoms with van der Waals surface area (Å²) in [6, 6.07) is 12.0. The third-order valence-electron chi connectivity index (χ3n) is 5.98. The Bertz CT molecular complexity index is 1690. The van der Waals surface area contributed by atoms with Crippen molar-refractivity contribution < 1.29 is 19.1 Å². The fraction of sp³-hybridized carbons (Fsp3) is 0.276. The van der Waals surface area contributed by atoms with Crippen LogP contribution in [0.5, 0.6) is 0 Å². The van der Waals surface area contributed by atoms with Gasteiger partial charge in [0.1, 0.15) is 16.9 Å². The van der Waals surface area contributed by atoms with E-state index in [1.54, 1.807) is 54.1 Å². The van der Waals surface area contributed by atoms with Crippen LogP contribution in [0.15, 0.2) is 64.5 Å². The molecule has 0 fully saturated rings. The fourth-order valence-corrected chi connectivity index (χ4v) is 4.26. The number of amides is 1. The van der Waals surface area contributed by atoms with Crippen molar-refractivity contribution in [3.63, 3.8) is 0 Å². The Labute approximate surface area is 230 Å². The molecule has 0 saturated carbocycles. The van der Waals surface area contributed by atoms with Crippen molar-refractivity contribution in [1.82, 2.24) is 14.0 Å². The number of hydrogen-bond donors (Lipinski definition) is 0. The molecule has 0 aliphatic heterocycles. The molecule has 39 heavy (non-hydrogen) atoms. The number of aryl methyl sites for hydroxylation is 2. The van der Waals surface area contributed by atoms with Crippen LogP contribution in [0.25, 0.3) is 22.8 Å². The van der Waals surface area contributed by atoms with Crippen LogP contribution in [0.2, 0.25) is 5.02 Å². The van der Waals surface area contributed by atoms with Crippen molar-refractivity contribution in [1.29, 1.82) is 0 Å². The van der Waals surface area contributed by atoms with Crippen molar-refractivity contribution in [2.45, 2.75) is 33.7 Å². The quantitative estimate of drug-likeness (QED) is 0.133. The summed E-state index contributed by atoms with van der Waals surface area (Å²) < 4.78 is 13.8. The van der Waals surface area contributed by atoms with Gasteiger partial charge in [0.15, 0.2) is 5.49 Å². The Morgan fingerprint density at radius 3 is 2.59 bits per heavy atom. The van der Waals surface area contributed by atoms with Crippen molar-refractivity contribution in [2.75, 3.05) is 19.8 Å². The first-order chi connectivity index (χ1) is 18.8. The van der Waals surface area contributed by atoms with Crippen LogP contribution in [0.3, 0.4) is 0 Å². The van der Waals surface area contributed by atoms with E-state index in [1.165, 1.54) is 16.5 Å². The number of ether oxygens (including phenoxy) is 2. The zero-order valence-corrected chi connectivity index (χ0v) is 22.8. The maximum absolute atomic E-state index is 13.5. The van der Waals surface area contributed by atoms with Crippen LogP contribution in [-0.4, -0.2) is 45.6 Å². The van der Waals surface area contributed by atoms with Crippen LogP contribution in [0.1, 0.15) is 41.8 Å². The molecular formula is C29H29ClN4O5. The number of carbonyl (C=O) groups is 2. The van der Waals surface area contributed by atoms with E-state index in [9.17, 15) is 14.4 Å². The lowest BCUT2D eigenvalue weighted by atomic mass is 10.2. The smallest absolute Gasteiger partial charge is 0.341 e. The number of esters is 1. The van der Waals surface area contributed by atoms with Crippen molar-refractivity contribution in [3.05, 3.63) is 92.3 Å². The summed E-state index contributed by atoms with van der Waals surface area (Å²) in [6.07, 6.45) is 5.07. The summed E-state index contributed by atoms with van der Waals surface area (Å²) in [4.78, 5) is 48.7. The van der Waals surface area contributed by atoms with Gasteiger partial charge in [-0.25, -0.2) is 9.78 Å². The molecule has 0 unspecified atom stereocenters. The highest BCUT2D eigenvalue weighted by atomic mass is 35.5. The molecule has 1 amide bonds. The third kappa shape index (κ3) is 6.32. The number of fused-ring (bicyclic) bond motifs is 2. The zero-order chi connectivity index (χ0) is 27.9. The first-order valence-electron chi connectivity index (χ1n) is 12.7. The number of benzene rings is 1. The number of halogens is 1. The molecule has 0 saturated heterocycles. The summed E-state index contributed by atoms with van der Waals surface area (Å²) in [5.41, 5.74) is 2.06. The molecule has 0 spiro atoms. The van der Waals surface area contributed by atoms with E-state index in [1.807, 2.05) is 19.9 Å². The number of pyridine rings is 2. The minimum Gasteiger partial charge on any atom is -0.462 e. The highest BCUT2D eigenvalue weighted by molar-refractivity contribution is 6.30. The van der Waals surface area contributed by atoms with Crippen molar-refractivity contribution in [2.24, 2.45) is 4.99 Å². The van der Waals surface area contributed by atoms with E-state index in [0.29, 0.717) is 42.5 Å². The van der Waals surface area contributed by atoms with Gasteiger partial charge < -0.3 is 14.0 Å². The lowest BCUT2D eigenvalue weighted by Crippen LogP contribution is -2.33. The molecule has 0 aliphatic rings. The second kappa shape index (κ2) is 12.6. The third-order valence-corrected chi connectivity index (χ3v) is 6.23. The van der Waals surface area contributed by atoms with Crippen molar-refractivity contribution >= 4 is 46.2 Å². The summed E-state index contributed by atoms with van der Waals surface area (Å²) in [7, 11) is 0. The monoisotopic (exact) mass is 548 g/mol. The maximum Gasteiger partial charge on any atom is 0.341 e. The molecule has 0 bridgehead atoms. The average Bonchev–Trinajstić information content (AvgIpc) is 2.92. The predicted octanol–water partition coefficient (Wildman–Crippen LogP) is 4.36. The second-order valence-electron chi connectivity index (χ2n) is 8.68. The van der Waals surface area contributed by atoms with Crippen molar-refractivity contribution in [3.8, 4) is 0 Å². The highest BCUT2D eigenvalue weighted by Crippen LogP contribution is 2.15. The topological polar surface area (TPSA) is 104 Å². The summed E-state index contributed by atoms with van der Waals surface area (Å²) >= 11 is 5.94. The predicted molar refractivity (Wildman–Crippen MR) is 150 cm³/mol. The first-order valence-corrected chi connectivity index (χ1v) is 13.0. The molecule has 0 radical (unpaired) electrons. The molecule has 4 aromatic rings. The Kier molecular flexibility index (Phi) is 9.06. The average molecular weight is 549 g/mol. The van der Waals surface area contributed by atoms with Gasteiger partial charge in [0.25, 0.3) is 11.5 Å². The summed E-state index contributed by atoms with van der Waals surface area (Å²) in [5.74, 6) is -1.29. The van der Waals surface area contributed by atoms with E-state index in [0.717, 1.165) is 11.1 Å². The number of rotatable bonds is 9. The molecule has 10 heteroatoms. The Morgan fingerprint density at radius 2 is 1.87 bits per heavy atom. The first kappa shape index (κ1) is 27.9. The summed E-state index contributed by atoms with van der Waals surface area (Å²) in [5, 5.41) is 0.790. The zero-order valence-electron chi connectivity index (χ0n) is 22.0. The second-order valence-corrected chi connectivity index (χ2v) is 9.11. The molecule has 0 N–H and O–H groups in total. The summed E-state index contributed by atoms with van der Waals surface area (Å²) in [6.45, 7) is 6.82. The van der Waals surface area contributed by atoms with Gasteiger partial charge in [-0.2, -0.15) is 4.99 Å². The maximum atomic E-state index is 13.5. The minimum absolute atomic E-state index is 0.000468. The van der Waals surface area contributed by atoms with Crippen LogP contribution < -0.4 is 11.0 Å². The van der Waals surface area contributed by atoms with Gasteiger partial charge in [-0.1, -0.05) is 29.8 Å². The lowest BCUT2D eigenvalue weighted by molar-refractivity contribution is -0.113. The Hall–Kier alpha value is -4.08. The molecule has 0 aliphatic carbocycles. The largest absolute Gasteiger partial charge is 0.462 e. The normalized spacial score (nSPS) is 12.1. The van der Waals surface area contributed by atoms with E-state index >= 15 is 0 Å². The minimum atomic E-state index is -0.695. The Balaban J connectivity index is 1.98. The number of nitrogens with zero attached hydrogens (tertiary/aromatic N) is 4. The molecule has 3 heterocycles. The van der Waals surface area contributed by atoms with Gasteiger partial charge >= 0.3 is 5.97 Å². The molecule has 202 valence electrons. The molecule has 1 aromatic carbocycles. The van der Waals surface area contributed by atoms with E-state index < -0.39 is 11.9 Å². The van der Waals surface area contributed by atoms with Crippen LogP contribution >= 0.6 is 11.6 Å². The number of carbonyl (C=O) groups excluding carboxylic acids is 2. The molecule has 9 nitrogen and oxygen atoms in total. The highest BCUT2D eigenvalue weighted by Gasteiger charge is 2.20. The molecule has 4 rings (SSSR count). The van der Waals surface area contributed by atoms with E-state index in [4.69, 9.17) is 26.1 Å².